The van der Waals surface area contributed by atoms with Crippen molar-refractivity contribution in [3.8, 4) is 0 Å². The third-order valence-corrected chi connectivity index (χ3v) is 4.42. The van der Waals surface area contributed by atoms with Gasteiger partial charge in [0.1, 0.15) is 0 Å². The zero-order valence-corrected chi connectivity index (χ0v) is 12.0. The van der Waals surface area contributed by atoms with Crippen molar-refractivity contribution in [2.24, 2.45) is 5.41 Å². The molecule has 1 N–H and O–H groups in total. The van der Waals surface area contributed by atoms with Gasteiger partial charge in [-0.15, -0.1) is 0 Å². The van der Waals surface area contributed by atoms with E-state index in [0.29, 0.717) is 11.0 Å². The van der Waals surface area contributed by atoms with Crippen LogP contribution in [0.3, 0.4) is 0 Å². The van der Waals surface area contributed by atoms with Crippen LogP contribution in [0.15, 0.2) is 0 Å². The van der Waals surface area contributed by atoms with E-state index in [9.17, 15) is 0 Å². The van der Waals surface area contributed by atoms with E-state index in [1.165, 1.54) is 64.7 Å². The molecule has 2 fully saturated rings. The molecule has 0 unspecified atom stereocenters. The number of rotatable bonds is 2. The topological polar surface area (TPSA) is 15.3 Å². The molecule has 0 radical (unpaired) electrons. The average molecular weight is 238 g/mol. The predicted octanol–water partition coefficient (Wildman–Crippen LogP) is 3.03. The standard InChI is InChI=1S/C15H30N2/c1-14(2,3)9-12-17-11-6-10-16-15(13-17)7-4-5-8-15/h16H,4-13H2,1-3H3. The van der Waals surface area contributed by atoms with Crippen molar-refractivity contribution >= 4 is 0 Å². The molecular formula is C15H30N2. The van der Waals surface area contributed by atoms with Gasteiger partial charge in [-0.2, -0.15) is 0 Å². The normalized spacial score (nSPS) is 26.3. The molecule has 2 aliphatic rings. The summed E-state index contributed by atoms with van der Waals surface area (Å²) in [7, 11) is 0. The summed E-state index contributed by atoms with van der Waals surface area (Å²) in [5, 5.41) is 3.84. The summed E-state index contributed by atoms with van der Waals surface area (Å²) in [4.78, 5) is 2.72. The summed E-state index contributed by atoms with van der Waals surface area (Å²) in [6, 6.07) is 0. The highest BCUT2D eigenvalue weighted by molar-refractivity contribution is 4.96. The molecule has 100 valence electrons. The Hall–Kier alpha value is -0.0800. The molecular weight excluding hydrogens is 208 g/mol. The largest absolute Gasteiger partial charge is 0.310 e. The van der Waals surface area contributed by atoms with Gasteiger partial charge in [-0.05, 0) is 50.7 Å². The molecule has 0 aromatic heterocycles. The lowest BCUT2D eigenvalue weighted by molar-refractivity contribution is 0.186. The van der Waals surface area contributed by atoms with Crippen molar-refractivity contribution < 1.29 is 0 Å². The van der Waals surface area contributed by atoms with Crippen LogP contribution in [0.25, 0.3) is 0 Å². The quantitative estimate of drug-likeness (QED) is 0.795. The number of hydrogen-bond acceptors (Lipinski definition) is 2. The van der Waals surface area contributed by atoms with Crippen LogP contribution >= 0.6 is 0 Å². The molecule has 0 atom stereocenters. The second-order valence-corrected chi connectivity index (χ2v) is 7.35. The molecule has 0 bridgehead atoms. The van der Waals surface area contributed by atoms with E-state index in [4.69, 9.17) is 0 Å². The first kappa shape index (κ1) is 13.4. The third-order valence-electron chi connectivity index (χ3n) is 4.42. The van der Waals surface area contributed by atoms with E-state index in [-0.39, 0.29) is 0 Å². The van der Waals surface area contributed by atoms with Crippen molar-refractivity contribution in [2.75, 3.05) is 26.2 Å². The van der Waals surface area contributed by atoms with Crippen LogP contribution in [0.1, 0.15) is 59.3 Å². The lowest BCUT2D eigenvalue weighted by Crippen LogP contribution is -2.49. The van der Waals surface area contributed by atoms with Crippen LogP contribution in [0.5, 0.6) is 0 Å². The molecule has 1 aliphatic carbocycles. The first-order valence-corrected chi connectivity index (χ1v) is 7.47. The molecule has 1 saturated carbocycles. The molecule has 2 rings (SSSR count). The Kier molecular flexibility index (Phi) is 4.14. The second-order valence-electron chi connectivity index (χ2n) is 7.35. The Morgan fingerprint density at radius 2 is 1.82 bits per heavy atom. The minimum atomic E-state index is 0.475. The monoisotopic (exact) mass is 238 g/mol. The second kappa shape index (κ2) is 5.27. The van der Waals surface area contributed by atoms with Crippen LogP contribution in [-0.4, -0.2) is 36.6 Å². The summed E-state index contributed by atoms with van der Waals surface area (Å²) in [5.74, 6) is 0. The van der Waals surface area contributed by atoms with Crippen LogP contribution in [-0.2, 0) is 0 Å². The highest BCUT2D eigenvalue weighted by Crippen LogP contribution is 2.32. The summed E-state index contributed by atoms with van der Waals surface area (Å²) < 4.78 is 0. The van der Waals surface area contributed by atoms with Gasteiger partial charge in [-0.25, -0.2) is 0 Å². The van der Waals surface area contributed by atoms with E-state index in [1.54, 1.807) is 0 Å². The molecule has 0 amide bonds. The Morgan fingerprint density at radius 1 is 1.12 bits per heavy atom. The average Bonchev–Trinajstić information content (AvgIpc) is 2.57. The van der Waals surface area contributed by atoms with E-state index >= 15 is 0 Å². The van der Waals surface area contributed by atoms with Gasteiger partial charge < -0.3 is 10.2 Å². The zero-order valence-electron chi connectivity index (χ0n) is 12.0. The van der Waals surface area contributed by atoms with Gasteiger partial charge in [0.05, 0.1) is 0 Å². The van der Waals surface area contributed by atoms with E-state index in [1.807, 2.05) is 0 Å². The Labute approximate surface area is 107 Å². The van der Waals surface area contributed by atoms with E-state index in [2.05, 4.69) is 31.0 Å². The lowest BCUT2D eigenvalue weighted by Gasteiger charge is -2.34. The fraction of sp³-hybridized carbons (Fsp3) is 1.00. The molecule has 2 nitrogen and oxygen atoms in total. The van der Waals surface area contributed by atoms with Crippen molar-refractivity contribution in [3.05, 3.63) is 0 Å². The van der Waals surface area contributed by atoms with Gasteiger partial charge in [0.15, 0.2) is 0 Å². The molecule has 17 heavy (non-hydrogen) atoms. The summed E-state index contributed by atoms with van der Waals surface area (Å²) in [5.41, 5.74) is 0.955. The fourth-order valence-electron chi connectivity index (χ4n) is 3.29. The van der Waals surface area contributed by atoms with Gasteiger partial charge in [-0.3, -0.25) is 0 Å². The number of nitrogens with zero attached hydrogens (tertiary/aromatic N) is 1. The van der Waals surface area contributed by atoms with Gasteiger partial charge >= 0.3 is 0 Å². The first-order chi connectivity index (χ1) is 7.99. The SMILES string of the molecule is CC(C)(C)CCN1CCCNC2(CCCC2)C1. The molecule has 0 aromatic carbocycles. The van der Waals surface area contributed by atoms with E-state index < -0.39 is 0 Å². The minimum Gasteiger partial charge on any atom is -0.310 e. The molecule has 1 heterocycles. The van der Waals surface area contributed by atoms with Crippen LogP contribution < -0.4 is 5.32 Å². The summed E-state index contributed by atoms with van der Waals surface area (Å²) in [6.45, 7) is 12.2. The van der Waals surface area contributed by atoms with Crippen LogP contribution in [0, 0.1) is 5.41 Å². The maximum atomic E-state index is 3.84. The molecule has 1 aliphatic heterocycles. The smallest absolute Gasteiger partial charge is 0.0308 e. The zero-order chi connectivity index (χ0) is 12.4. The Morgan fingerprint density at radius 3 is 2.47 bits per heavy atom. The maximum Gasteiger partial charge on any atom is 0.0308 e. The van der Waals surface area contributed by atoms with Crippen LogP contribution in [0.4, 0.5) is 0 Å². The lowest BCUT2D eigenvalue weighted by atomic mass is 9.91. The van der Waals surface area contributed by atoms with Gasteiger partial charge in [0.2, 0.25) is 0 Å². The van der Waals surface area contributed by atoms with Crippen molar-refractivity contribution in [2.45, 2.75) is 64.8 Å². The summed E-state index contributed by atoms with van der Waals surface area (Å²) in [6.07, 6.45) is 8.31. The highest BCUT2D eigenvalue weighted by atomic mass is 15.2. The maximum absolute atomic E-state index is 3.84. The first-order valence-electron chi connectivity index (χ1n) is 7.47. The van der Waals surface area contributed by atoms with Gasteiger partial charge in [-0.1, -0.05) is 33.6 Å². The fourth-order valence-corrected chi connectivity index (χ4v) is 3.29. The van der Waals surface area contributed by atoms with Crippen molar-refractivity contribution in [1.82, 2.24) is 10.2 Å². The summed E-state index contributed by atoms with van der Waals surface area (Å²) >= 11 is 0. The molecule has 2 heteroatoms. The minimum absolute atomic E-state index is 0.475. The third kappa shape index (κ3) is 3.96. The molecule has 1 saturated heterocycles. The van der Waals surface area contributed by atoms with Crippen molar-refractivity contribution in [1.29, 1.82) is 0 Å². The highest BCUT2D eigenvalue weighted by Gasteiger charge is 2.36. The molecule has 1 spiro atoms. The Bertz CT molecular complexity index is 236. The predicted molar refractivity (Wildman–Crippen MR) is 74.3 cm³/mol. The molecule has 0 aromatic rings. The van der Waals surface area contributed by atoms with Crippen molar-refractivity contribution in [3.63, 3.8) is 0 Å². The van der Waals surface area contributed by atoms with Crippen LogP contribution in [0.2, 0.25) is 0 Å². The number of nitrogens with one attached hydrogen (secondary N) is 1. The Balaban J connectivity index is 1.88. The number of hydrogen-bond donors (Lipinski definition) is 1. The van der Waals surface area contributed by atoms with Gasteiger partial charge in [0.25, 0.3) is 0 Å². The van der Waals surface area contributed by atoms with E-state index in [0.717, 1.165) is 0 Å². The van der Waals surface area contributed by atoms with Gasteiger partial charge in [0, 0.05) is 12.1 Å².